The standard InChI is InChI=1S/C10H17NO2S/c1-3-4-7(2)9(12)11-8-5-6-14-10(8)13/h7-8H,3-6H2,1-2H3,(H,11,12)/t7-,8-/m0/s1. The number of hydrogen-bond acceptors (Lipinski definition) is 3. The van der Waals surface area contributed by atoms with Crippen LogP contribution in [0.2, 0.25) is 0 Å². The molecule has 1 fully saturated rings. The van der Waals surface area contributed by atoms with Crippen molar-refractivity contribution in [3.8, 4) is 0 Å². The molecule has 0 aromatic heterocycles. The van der Waals surface area contributed by atoms with Crippen LogP contribution in [0.4, 0.5) is 0 Å². The summed E-state index contributed by atoms with van der Waals surface area (Å²) in [6.07, 6.45) is 2.68. The molecule has 0 aromatic rings. The van der Waals surface area contributed by atoms with E-state index in [0.717, 1.165) is 25.0 Å². The predicted octanol–water partition coefficient (Wildman–Crippen LogP) is 1.57. The first-order valence-corrected chi connectivity index (χ1v) is 6.10. The number of carbonyl (C=O) groups is 2. The first kappa shape index (κ1) is 11.6. The van der Waals surface area contributed by atoms with Gasteiger partial charge in [0.1, 0.15) is 0 Å². The van der Waals surface area contributed by atoms with Gasteiger partial charge in [-0.1, -0.05) is 32.0 Å². The maximum Gasteiger partial charge on any atom is 0.223 e. The minimum absolute atomic E-state index is 0.0210. The first-order chi connectivity index (χ1) is 6.65. The third-order valence-electron chi connectivity index (χ3n) is 2.42. The summed E-state index contributed by atoms with van der Waals surface area (Å²) >= 11 is 1.32. The molecule has 1 N–H and O–H groups in total. The molecular weight excluding hydrogens is 198 g/mol. The molecule has 1 heterocycles. The van der Waals surface area contributed by atoms with Crippen LogP contribution < -0.4 is 5.32 Å². The van der Waals surface area contributed by atoms with Crippen molar-refractivity contribution in [3.05, 3.63) is 0 Å². The van der Waals surface area contributed by atoms with Gasteiger partial charge in [-0.25, -0.2) is 0 Å². The Balaban J connectivity index is 2.36. The molecule has 0 radical (unpaired) electrons. The Morgan fingerprint density at radius 2 is 2.43 bits per heavy atom. The SMILES string of the molecule is CCC[C@H](C)C(=O)N[C@H]1CCSC1=O. The highest BCUT2D eigenvalue weighted by Gasteiger charge is 2.27. The molecule has 0 spiro atoms. The highest BCUT2D eigenvalue weighted by atomic mass is 32.2. The van der Waals surface area contributed by atoms with Gasteiger partial charge in [0.25, 0.3) is 0 Å². The lowest BCUT2D eigenvalue weighted by atomic mass is 10.0. The zero-order chi connectivity index (χ0) is 10.6. The largest absolute Gasteiger partial charge is 0.345 e. The van der Waals surface area contributed by atoms with Gasteiger partial charge in [-0.05, 0) is 12.8 Å². The van der Waals surface area contributed by atoms with Gasteiger partial charge < -0.3 is 5.32 Å². The maximum absolute atomic E-state index is 11.6. The summed E-state index contributed by atoms with van der Waals surface area (Å²) in [4.78, 5) is 22.8. The van der Waals surface area contributed by atoms with Gasteiger partial charge in [0, 0.05) is 11.7 Å². The van der Waals surface area contributed by atoms with Crippen molar-refractivity contribution in [1.82, 2.24) is 5.32 Å². The van der Waals surface area contributed by atoms with Crippen LogP contribution in [-0.4, -0.2) is 22.8 Å². The average molecular weight is 215 g/mol. The van der Waals surface area contributed by atoms with Crippen LogP contribution in [0.5, 0.6) is 0 Å². The van der Waals surface area contributed by atoms with E-state index >= 15 is 0 Å². The summed E-state index contributed by atoms with van der Waals surface area (Å²) in [7, 11) is 0. The van der Waals surface area contributed by atoms with Crippen molar-refractivity contribution in [2.24, 2.45) is 5.92 Å². The molecule has 3 nitrogen and oxygen atoms in total. The lowest BCUT2D eigenvalue weighted by Gasteiger charge is -2.14. The third kappa shape index (κ3) is 3.01. The predicted molar refractivity (Wildman–Crippen MR) is 58.1 cm³/mol. The molecule has 2 atom stereocenters. The van der Waals surface area contributed by atoms with E-state index in [2.05, 4.69) is 12.2 Å². The summed E-state index contributed by atoms with van der Waals surface area (Å²) in [6, 6.07) is -0.230. The van der Waals surface area contributed by atoms with E-state index in [4.69, 9.17) is 0 Å². The van der Waals surface area contributed by atoms with Crippen molar-refractivity contribution in [3.63, 3.8) is 0 Å². The molecular formula is C10H17NO2S. The molecule has 1 amide bonds. The summed E-state index contributed by atoms with van der Waals surface area (Å²) in [5.74, 6) is 0.887. The van der Waals surface area contributed by atoms with Crippen LogP contribution in [0.15, 0.2) is 0 Å². The molecule has 0 saturated carbocycles. The Labute approximate surface area is 89.0 Å². The molecule has 4 heteroatoms. The van der Waals surface area contributed by atoms with Crippen molar-refractivity contribution >= 4 is 22.8 Å². The second kappa shape index (κ2) is 5.39. The minimum atomic E-state index is -0.230. The van der Waals surface area contributed by atoms with Gasteiger partial charge in [-0.15, -0.1) is 0 Å². The quantitative estimate of drug-likeness (QED) is 0.774. The Morgan fingerprint density at radius 3 is 2.93 bits per heavy atom. The van der Waals surface area contributed by atoms with Crippen LogP contribution in [0, 0.1) is 5.92 Å². The van der Waals surface area contributed by atoms with Crippen LogP contribution >= 0.6 is 11.8 Å². The highest BCUT2D eigenvalue weighted by Crippen LogP contribution is 2.20. The molecule has 1 aliphatic rings. The summed E-state index contributed by atoms with van der Waals surface area (Å²) in [6.45, 7) is 3.96. The fourth-order valence-electron chi connectivity index (χ4n) is 1.50. The number of rotatable bonds is 4. The second-order valence-electron chi connectivity index (χ2n) is 3.71. The Morgan fingerprint density at radius 1 is 1.71 bits per heavy atom. The van der Waals surface area contributed by atoms with Crippen LogP contribution in [0.25, 0.3) is 0 Å². The van der Waals surface area contributed by atoms with Gasteiger partial charge >= 0.3 is 0 Å². The molecule has 0 aromatic carbocycles. The average Bonchev–Trinajstić information content (AvgIpc) is 2.52. The van der Waals surface area contributed by atoms with Gasteiger partial charge in [-0.3, -0.25) is 9.59 Å². The number of hydrogen-bond donors (Lipinski definition) is 1. The van der Waals surface area contributed by atoms with Crippen molar-refractivity contribution in [1.29, 1.82) is 0 Å². The Hall–Kier alpha value is -0.510. The number of amides is 1. The van der Waals surface area contributed by atoms with Crippen molar-refractivity contribution < 1.29 is 9.59 Å². The van der Waals surface area contributed by atoms with Crippen LogP contribution in [0.1, 0.15) is 33.1 Å². The lowest BCUT2D eigenvalue weighted by Crippen LogP contribution is -2.40. The van der Waals surface area contributed by atoms with Crippen LogP contribution in [0.3, 0.4) is 0 Å². The maximum atomic E-state index is 11.6. The zero-order valence-electron chi connectivity index (χ0n) is 8.71. The van der Waals surface area contributed by atoms with Gasteiger partial charge in [-0.2, -0.15) is 0 Å². The first-order valence-electron chi connectivity index (χ1n) is 5.12. The zero-order valence-corrected chi connectivity index (χ0v) is 9.52. The fourth-order valence-corrected chi connectivity index (χ4v) is 2.44. The highest BCUT2D eigenvalue weighted by molar-refractivity contribution is 8.14. The van der Waals surface area contributed by atoms with E-state index in [-0.39, 0.29) is 23.0 Å². The van der Waals surface area contributed by atoms with E-state index in [1.54, 1.807) is 0 Å². The van der Waals surface area contributed by atoms with Gasteiger partial charge in [0.05, 0.1) is 6.04 Å². The van der Waals surface area contributed by atoms with Crippen LogP contribution in [-0.2, 0) is 9.59 Å². The molecule has 1 aliphatic heterocycles. The Bertz CT molecular complexity index is 230. The lowest BCUT2D eigenvalue weighted by molar-refractivity contribution is -0.127. The molecule has 0 bridgehead atoms. The normalized spacial score (nSPS) is 23.6. The van der Waals surface area contributed by atoms with E-state index in [9.17, 15) is 9.59 Å². The molecule has 0 unspecified atom stereocenters. The second-order valence-corrected chi connectivity index (χ2v) is 4.81. The van der Waals surface area contributed by atoms with Crippen molar-refractivity contribution in [2.45, 2.75) is 39.2 Å². The number of carbonyl (C=O) groups excluding carboxylic acids is 2. The Kier molecular flexibility index (Phi) is 4.45. The number of nitrogens with one attached hydrogen (secondary N) is 1. The molecule has 14 heavy (non-hydrogen) atoms. The van der Waals surface area contributed by atoms with Gasteiger partial charge in [0.2, 0.25) is 11.0 Å². The monoisotopic (exact) mass is 215 g/mol. The molecule has 1 saturated heterocycles. The molecule has 80 valence electrons. The fraction of sp³-hybridized carbons (Fsp3) is 0.800. The van der Waals surface area contributed by atoms with E-state index in [1.165, 1.54) is 11.8 Å². The smallest absolute Gasteiger partial charge is 0.223 e. The third-order valence-corrected chi connectivity index (χ3v) is 3.43. The van der Waals surface area contributed by atoms with E-state index in [0.29, 0.717) is 0 Å². The molecule has 0 aliphatic carbocycles. The minimum Gasteiger partial charge on any atom is -0.345 e. The summed E-state index contributed by atoms with van der Waals surface area (Å²) < 4.78 is 0. The van der Waals surface area contributed by atoms with Gasteiger partial charge in [0.15, 0.2) is 0 Å². The summed E-state index contributed by atoms with van der Waals surface area (Å²) in [5, 5.41) is 2.92. The van der Waals surface area contributed by atoms with E-state index < -0.39 is 0 Å². The van der Waals surface area contributed by atoms with Crippen molar-refractivity contribution in [2.75, 3.05) is 5.75 Å². The van der Waals surface area contributed by atoms with E-state index in [1.807, 2.05) is 6.92 Å². The topological polar surface area (TPSA) is 46.2 Å². The summed E-state index contributed by atoms with van der Waals surface area (Å²) in [5.41, 5.74) is 0. The number of thioether (sulfide) groups is 1. The molecule has 1 rings (SSSR count).